The van der Waals surface area contributed by atoms with Crippen molar-refractivity contribution in [1.29, 1.82) is 0 Å². The Kier molecular flexibility index (Phi) is 4.48. The fourth-order valence-electron chi connectivity index (χ4n) is 3.39. The molecule has 0 radical (unpaired) electrons. The molecule has 0 spiro atoms. The van der Waals surface area contributed by atoms with Gasteiger partial charge in [-0.15, -0.1) is 0 Å². The Labute approximate surface area is 146 Å². The van der Waals surface area contributed by atoms with Gasteiger partial charge in [0.1, 0.15) is 6.61 Å². The molecular weight excluding hydrogens is 314 g/mol. The Bertz CT molecular complexity index is 860. The smallest absolute Gasteiger partial charge is 0.248 e. The normalized spacial score (nSPS) is 17.3. The first-order valence-corrected chi connectivity index (χ1v) is 8.62. The van der Waals surface area contributed by atoms with Gasteiger partial charge in [-0.1, -0.05) is 42.5 Å². The summed E-state index contributed by atoms with van der Waals surface area (Å²) in [5.74, 6) is 0.0582. The van der Waals surface area contributed by atoms with E-state index in [1.54, 1.807) is 0 Å². The van der Waals surface area contributed by atoms with E-state index >= 15 is 0 Å². The maximum Gasteiger partial charge on any atom is 0.248 e. The van der Waals surface area contributed by atoms with E-state index < -0.39 is 0 Å². The number of likely N-dealkylation sites (tertiary alicyclic amines) is 1. The lowest BCUT2D eigenvalue weighted by Gasteiger charge is -2.17. The summed E-state index contributed by atoms with van der Waals surface area (Å²) < 4.78 is 7.77. The largest absolute Gasteiger partial charge is 0.367 e. The van der Waals surface area contributed by atoms with Gasteiger partial charge in [-0.25, -0.2) is 4.98 Å². The Morgan fingerprint density at radius 1 is 1.12 bits per heavy atom. The molecule has 5 nitrogen and oxygen atoms in total. The van der Waals surface area contributed by atoms with Crippen molar-refractivity contribution in [3.8, 4) is 0 Å². The number of ether oxygens (including phenoxy) is 1. The van der Waals surface area contributed by atoms with Crippen LogP contribution in [-0.2, 0) is 16.1 Å². The number of amides is 1. The molecule has 1 aromatic heterocycles. The molecule has 1 unspecified atom stereocenters. The third-order valence-electron chi connectivity index (χ3n) is 4.73. The molecule has 1 amide bonds. The quantitative estimate of drug-likeness (QED) is 0.720. The van der Waals surface area contributed by atoms with Gasteiger partial charge in [-0.3, -0.25) is 4.79 Å². The van der Waals surface area contributed by atoms with E-state index in [9.17, 15) is 4.79 Å². The SMILES string of the molecule is O=C(COCc1ccccc1)N1CCC(n2cnc3ccccc32)C1. The number of imidazole rings is 1. The summed E-state index contributed by atoms with van der Waals surface area (Å²) in [7, 11) is 0. The number of rotatable bonds is 5. The molecule has 2 aromatic carbocycles. The number of nitrogens with zero attached hydrogens (tertiary/aromatic N) is 3. The van der Waals surface area contributed by atoms with Gasteiger partial charge in [0.05, 0.1) is 30.0 Å². The average Bonchev–Trinajstić information content (AvgIpc) is 3.29. The van der Waals surface area contributed by atoms with E-state index in [1.807, 2.05) is 59.8 Å². The maximum absolute atomic E-state index is 12.4. The van der Waals surface area contributed by atoms with E-state index in [0.29, 0.717) is 13.2 Å². The third kappa shape index (κ3) is 3.42. The van der Waals surface area contributed by atoms with Gasteiger partial charge < -0.3 is 14.2 Å². The molecule has 128 valence electrons. The Balaban J connectivity index is 1.33. The minimum atomic E-state index is 0.0582. The lowest BCUT2D eigenvalue weighted by molar-refractivity contribution is -0.135. The fraction of sp³-hybridized carbons (Fsp3) is 0.300. The molecule has 3 aromatic rings. The zero-order valence-electron chi connectivity index (χ0n) is 14.0. The van der Waals surface area contributed by atoms with E-state index in [1.165, 1.54) is 0 Å². The Hall–Kier alpha value is -2.66. The van der Waals surface area contributed by atoms with Crippen molar-refractivity contribution in [2.24, 2.45) is 0 Å². The summed E-state index contributed by atoms with van der Waals surface area (Å²) in [6.07, 6.45) is 2.83. The van der Waals surface area contributed by atoms with Gasteiger partial charge in [0.25, 0.3) is 0 Å². The molecular formula is C20H21N3O2. The summed E-state index contributed by atoms with van der Waals surface area (Å²) in [6.45, 7) is 2.08. The van der Waals surface area contributed by atoms with E-state index in [-0.39, 0.29) is 18.6 Å². The number of aromatic nitrogens is 2. The first kappa shape index (κ1) is 15.8. The van der Waals surface area contributed by atoms with Crippen LogP contribution in [0.15, 0.2) is 60.9 Å². The van der Waals surface area contributed by atoms with Crippen molar-refractivity contribution in [2.75, 3.05) is 19.7 Å². The molecule has 0 N–H and O–H groups in total. The predicted octanol–water partition coefficient (Wildman–Crippen LogP) is 3.03. The van der Waals surface area contributed by atoms with Crippen molar-refractivity contribution in [2.45, 2.75) is 19.1 Å². The van der Waals surface area contributed by atoms with Crippen LogP contribution < -0.4 is 0 Å². The zero-order valence-corrected chi connectivity index (χ0v) is 14.0. The summed E-state index contributed by atoms with van der Waals surface area (Å²) in [5, 5.41) is 0. The van der Waals surface area contributed by atoms with Gasteiger partial charge >= 0.3 is 0 Å². The summed E-state index contributed by atoms with van der Waals surface area (Å²) >= 11 is 0. The Morgan fingerprint density at radius 2 is 1.92 bits per heavy atom. The molecule has 25 heavy (non-hydrogen) atoms. The monoisotopic (exact) mass is 335 g/mol. The number of carbonyl (C=O) groups is 1. The van der Waals surface area contributed by atoms with Crippen molar-refractivity contribution in [3.63, 3.8) is 0 Å². The molecule has 0 saturated carbocycles. The molecule has 4 rings (SSSR count). The van der Waals surface area contributed by atoms with Gasteiger partial charge in [0.2, 0.25) is 5.91 Å². The summed E-state index contributed by atoms with van der Waals surface area (Å²) in [4.78, 5) is 18.7. The van der Waals surface area contributed by atoms with Gasteiger partial charge in [-0.05, 0) is 24.1 Å². The number of para-hydroxylation sites is 2. The summed E-state index contributed by atoms with van der Waals surface area (Å²) in [5.41, 5.74) is 3.21. The number of hydrogen-bond donors (Lipinski definition) is 0. The molecule has 1 atom stereocenters. The second-order valence-electron chi connectivity index (χ2n) is 6.40. The highest BCUT2D eigenvalue weighted by Gasteiger charge is 2.28. The highest BCUT2D eigenvalue weighted by molar-refractivity contribution is 5.78. The molecule has 1 aliphatic rings. The first-order chi connectivity index (χ1) is 12.3. The van der Waals surface area contributed by atoms with Crippen LogP contribution in [-0.4, -0.2) is 40.1 Å². The fourth-order valence-corrected chi connectivity index (χ4v) is 3.39. The van der Waals surface area contributed by atoms with Crippen LogP contribution in [0.25, 0.3) is 11.0 Å². The minimum absolute atomic E-state index is 0.0582. The van der Waals surface area contributed by atoms with Crippen LogP contribution >= 0.6 is 0 Å². The predicted molar refractivity (Wildman–Crippen MR) is 96.1 cm³/mol. The second kappa shape index (κ2) is 7.07. The number of fused-ring (bicyclic) bond motifs is 1. The van der Waals surface area contributed by atoms with Crippen LogP contribution in [0.4, 0.5) is 0 Å². The van der Waals surface area contributed by atoms with Crippen LogP contribution in [0.2, 0.25) is 0 Å². The number of hydrogen-bond acceptors (Lipinski definition) is 3. The summed E-state index contributed by atoms with van der Waals surface area (Å²) in [6, 6.07) is 18.3. The molecule has 0 bridgehead atoms. The van der Waals surface area contributed by atoms with Gasteiger partial charge in [0, 0.05) is 13.1 Å². The lowest BCUT2D eigenvalue weighted by atomic mass is 10.2. The van der Waals surface area contributed by atoms with Gasteiger partial charge in [-0.2, -0.15) is 0 Å². The van der Waals surface area contributed by atoms with Gasteiger partial charge in [0.15, 0.2) is 0 Å². The van der Waals surface area contributed by atoms with E-state index in [4.69, 9.17) is 4.74 Å². The van der Waals surface area contributed by atoms with Crippen molar-refractivity contribution >= 4 is 16.9 Å². The van der Waals surface area contributed by atoms with Crippen molar-refractivity contribution in [3.05, 3.63) is 66.5 Å². The number of carbonyl (C=O) groups excluding carboxylic acids is 1. The van der Waals surface area contributed by atoms with E-state index in [2.05, 4.69) is 15.6 Å². The van der Waals surface area contributed by atoms with E-state index in [0.717, 1.165) is 29.6 Å². The molecule has 5 heteroatoms. The molecule has 1 saturated heterocycles. The van der Waals surface area contributed by atoms with Crippen molar-refractivity contribution in [1.82, 2.24) is 14.5 Å². The minimum Gasteiger partial charge on any atom is -0.367 e. The van der Waals surface area contributed by atoms with Crippen LogP contribution in [0.5, 0.6) is 0 Å². The van der Waals surface area contributed by atoms with Crippen LogP contribution in [0.1, 0.15) is 18.0 Å². The standard InChI is InChI=1S/C20H21N3O2/c24-20(14-25-13-16-6-2-1-3-7-16)22-11-10-17(12-22)23-15-21-18-8-4-5-9-19(18)23/h1-9,15,17H,10-14H2. The lowest BCUT2D eigenvalue weighted by Crippen LogP contribution is -2.32. The average molecular weight is 335 g/mol. The third-order valence-corrected chi connectivity index (χ3v) is 4.73. The molecule has 1 aliphatic heterocycles. The zero-order chi connectivity index (χ0) is 17.1. The number of benzene rings is 2. The van der Waals surface area contributed by atoms with Crippen LogP contribution in [0.3, 0.4) is 0 Å². The first-order valence-electron chi connectivity index (χ1n) is 8.62. The molecule has 0 aliphatic carbocycles. The second-order valence-corrected chi connectivity index (χ2v) is 6.40. The topological polar surface area (TPSA) is 47.4 Å². The Morgan fingerprint density at radius 3 is 2.80 bits per heavy atom. The van der Waals surface area contributed by atoms with Crippen molar-refractivity contribution < 1.29 is 9.53 Å². The highest BCUT2D eigenvalue weighted by atomic mass is 16.5. The maximum atomic E-state index is 12.4. The molecule has 1 fully saturated rings. The molecule has 2 heterocycles. The van der Waals surface area contributed by atoms with Crippen LogP contribution in [0, 0.1) is 0 Å². The highest BCUT2D eigenvalue weighted by Crippen LogP contribution is 2.25.